The average Bonchev–Trinajstić information content (AvgIpc) is 2.96. The van der Waals surface area contributed by atoms with Crippen LogP contribution < -0.4 is 16.0 Å². The topological polar surface area (TPSA) is 139 Å². The number of hydrogen-bond acceptors (Lipinski definition) is 8. The Morgan fingerprint density at radius 1 is 0.884 bits per heavy atom. The van der Waals surface area contributed by atoms with Gasteiger partial charge in [0.2, 0.25) is 5.91 Å². The highest BCUT2D eigenvalue weighted by Gasteiger charge is 2.32. The molecule has 11 nitrogen and oxygen atoms in total. The summed E-state index contributed by atoms with van der Waals surface area (Å²) < 4.78 is 10.7. The number of nitrogens with zero attached hydrogens (tertiary/aromatic N) is 2. The predicted octanol–water partition coefficient (Wildman–Crippen LogP) is 3.82. The molecular formula is C32H45N5O6. The van der Waals surface area contributed by atoms with Gasteiger partial charge in [0.1, 0.15) is 19.3 Å². The lowest BCUT2D eigenvalue weighted by molar-refractivity contribution is -0.131. The molecule has 0 radical (unpaired) electrons. The maximum atomic E-state index is 13.2. The summed E-state index contributed by atoms with van der Waals surface area (Å²) in [6, 6.07) is 11.3. The van der Waals surface area contributed by atoms with Gasteiger partial charge in [0, 0.05) is 31.5 Å². The highest BCUT2D eigenvalue weighted by atomic mass is 16.6. The number of hydrogen-bond donors (Lipinski definition) is 3. The number of carbonyl (C=O) groups is 4. The number of ketones is 1. The SMILES string of the molecule is CC(C)C[C@@H](CN1CCC(NC(=O)[C@H](CC(C)C)NC(=O)OCc2ccncc2)C(=O)C1)NC(=O)OCc1ccccc1. The highest BCUT2D eigenvalue weighted by molar-refractivity contribution is 5.93. The number of rotatable bonds is 14. The first kappa shape index (κ1) is 33.5. The molecule has 3 rings (SSSR count). The molecular weight excluding hydrogens is 550 g/mol. The maximum absolute atomic E-state index is 13.2. The van der Waals surface area contributed by atoms with Crippen LogP contribution in [0.4, 0.5) is 9.59 Å². The fourth-order valence-corrected chi connectivity index (χ4v) is 4.97. The van der Waals surface area contributed by atoms with Crippen LogP contribution in [0.5, 0.6) is 0 Å². The molecule has 3 N–H and O–H groups in total. The van der Waals surface area contributed by atoms with Crippen LogP contribution in [0.15, 0.2) is 54.9 Å². The van der Waals surface area contributed by atoms with Gasteiger partial charge in [0.15, 0.2) is 5.78 Å². The van der Waals surface area contributed by atoms with Crippen molar-refractivity contribution < 1.29 is 28.7 Å². The van der Waals surface area contributed by atoms with Gasteiger partial charge in [-0.25, -0.2) is 9.59 Å². The summed E-state index contributed by atoms with van der Waals surface area (Å²) >= 11 is 0. The second-order valence-electron chi connectivity index (χ2n) is 11.8. The van der Waals surface area contributed by atoms with Crippen LogP contribution in [0, 0.1) is 11.8 Å². The predicted molar refractivity (Wildman–Crippen MR) is 162 cm³/mol. The Balaban J connectivity index is 1.49. The van der Waals surface area contributed by atoms with Crippen LogP contribution in [-0.2, 0) is 32.3 Å². The van der Waals surface area contributed by atoms with Crippen molar-refractivity contribution in [3.05, 3.63) is 66.0 Å². The molecule has 3 amide bonds. The molecule has 1 fully saturated rings. The van der Waals surface area contributed by atoms with Crippen molar-refractivity contribution in [3.63, 3.8) is 0 Å². The first-order valence-electron chi connectivity index (χ1n) is 14.9. The Morgan fingerprint density at radius 3 is 2.09 bits per heavy atom. The zero-order valence-electron chi connectivity index (χ0n) is 25.6. The molecule has 1 unspecified atom stereocenters. The van der Waals surface area contributed by atoms with E-state index in [9.17, 15) is 19.2 Å². The molecule has 3 atom stereocenters. The average molecular weight is 596 g/mol. The Morgan fingerprint density at radius 2 is 1.49 bits per heavy atom. The molecule has 1 aliphatic rings. The molecule has 1 aromatic heterocycles. The first-order valence-corrected chi connectivity index (χ1v) is 14.9. The van der Waals surface area contributed by atoms with Crippen LogP contribution >= 0.6 is 0 Å². The van der Waals surface area contributed by atoms with Crippen molar-refractivity contribution in [3.8, 4) is 0 Å². The van der Waals surface area contributed by atoms with Gasteiger partial charge >= 0.3 is 12.2 Å². The Bertz CT molecular complexity index is 1180. The molecule has 2 heterocycles. The van der Waals surface area contributed by atoms with Crippen molar-refractivity contribution in [1.82, 2.24) is 25.8 Å². The van der Waals surface area contributed by atoms with Crippen LogP contribution in [0.1, 0.15) is 58.1 Å². The Kier molecular flexibility index (Phi) is 13.4. The van der Waals surface area contributed by atoms with Crippen molar-refractivity contribution in [1.29, 1.82) is 0 Å². The van der Waals surface area contributed by atoms with E-state index in [2.05, 4.69) is 34.8 Å². The smallest absolute Gasteiger partial charge is 0.408 e. The molecule has 1 saturated heterocycles. The van der Waals surface area contributed by atoms with Gasteiger partial charge < -0.3 is 25.4 Å². The third-order valence-corrected chi connectivity index (χ3v) is 7.02. The zero-order valence-corrected chi connectivity index (χ0v) is 25.6. The molecule has 11 heteroatoms. The Hall–Kier alpha value is -3.99. The molecule has 0 bridgehead atoms. The molecule has 0 spiro atoms. The Labute approximate surface area is 254 Å². The van der Waals surface area contributed by atoms with Gasteiger partial charge in [-0.05, 0) is 54.4 Å². The van der Waals surface area contributed by atoms with E-state index in [0.29, 0.717) is 31.8 Å². The summed E-state index contributed by atoms with van der Waals surface area (Å²) in [5.41, 5.74) is 1.68. The number of amides is 3. The van der Waals surface area contributed by atoms with Gasteiger partial charge in [0.05, 0.1) is 12.6 Å². The van der Waals surface area contributed by atoms with Gasteiger partial charge in [-0.15, -0.1) is 0 Å². The summed E-state index contributed by atoms with van der Waals surface area (Å²) in [4.78, 5) is 57.1. The summed E-state index contributed by atoms with van der Waals surface area (Å²) in [7, 11) is 0. The lowest BCUT2D eigenvalue weighted by Gasteiger charge is -2.34. The molecule has 234 valence electrons. The van der Waals surface area contributed by atoms with Gasteiger partial charge in [-0.2, -0.15) is 0 Å². The van der Waals surface area contributed by atoms with E-state index < -0.39 is 30.2 Å². The zero-order chi connectivity index (χ0) is 31.2. The van der Waals surface area contributed by atoms with Gasteiger partial charge in [-0.1, -0.05) is 58.0 Å². The summed E-state index contributed by atoms with van der Waals surface area (Å²) in [5, 5.41) is 8.45. The van der Waals surface area contributed by atoms with Crippen molar-refractivity contribution >= 4 is 23.9 Å². The number of nitrogens with one attached hydrogen (secondary N) is 3. The third-order valence-electron chi connectivity index (χ3n) is 7.02. The second kappa shape index (κ2) is 17.2. The standard InChI is InChI=1S/C32H45N5O6/c1-22(2)16-26(34-31(40)42-20-24-8-6-5-7-9-24)18-37-15-12-27(29(38)19-37)35-30(39)28(17-23(3)4)36-32(41)43-21-25-10-13-33-14-11-25/h5-11,13-14,22-23,26-28H,12,15-21H2,1-4H3,(H,34,40)(H,35,39)(H,36,41)/t26-,27?,28-/m0/s1. The second-order valence-corrected chi connectivity index (χ2v) is 11.8. The summed E-state index contributed by atoms with van der Waals surface area (Å²) in [6.07, 6.45) is 3.57. The molecule has 2 aromatic rings. The monoisotopic (exact) mass is 595 g/mol. The van der Waals surface area contributed by atoms with Crippen molar-refractivity contribution in [2.45, 2.75) is 78.3 Å². The van der Waals surface area contributed by atoms with Crippen molar-refractivity contribution in [2.24, 2.45) is 11.8 Å². The molecule has 43 heavy (non-hydrogen) atoms. The molecule has 0 saturated carbocycles. The minimum atomic E-state index is -0.836. The van der Waals surface area contributed by atoms with Crippen LogP contribution in [0.25, 0.3) is 0 Å². The third kappa shape index (κ3) is 12.4. The quantitative estimate of drug-likeness (QED) is 0.300. The summed E-state index contributed by atoms with van der Waals surface area (Å²) in [6.45, 7) is 9.50. The summed E-state index contributed by atoms with van der Waals surface area (Å²) in [5.74, 6) is -0.0766. The number of alkyl carbamates (subject to hydrolysis) is 2. The first-order chi connectivity index (χ1) is 20.6. The van der Waals surface area contributed by atoms with Gasteiger partial charge in [0.25, 0.3) is 0 Å². The molecule has 1 aliphatic heterocycles. The largest absolute Gasteiger partial charge is 0.445 e. The van der Waals surface area contributed by atoms with Crippen LogP contribution in [-0.4, -0.2) is 71.5 Å². The number of piperidine rings is 1. The van der Waals surface area contributed by atoms with E-state index in [4.69, 9.17) is 9.47 Å². The minimum Gasteiger partial charge on any atom is -0.445 e. The maximum Gasteiger partial charge on any atom is 0.408 e. The molecule has 1 aromatic carbocycles. The van der Waals surface area contributed by atoms with Crippen LogP contribution in [0.3, 0.4) is 0 Å². The minimum absolute atomic E-state index is 0.0543. The number of likely N-dealkylation sites (tertiary alicyclic amines) is 1. The fourth-order valence-electron chi connectivity index (χ4n) is 4.97. The van der Waals surface area contributed by atoms with Gasteiger partial charge in [-0.3, -0.25) is 19.5 Å². The van der Waals surface area contributed by atoms with Crippen molar-refractivity contribution in [2.75, 3.05) is 19.6 Å². The van der Waals surface area contributed by atoms with E-state index >= 15 is 0 Å². The number of pyridine rings is 1. The van der Waals surface area contributed by atoms with Crippen LogP contribution in [0.2, 0.25) is 0 Å². The molecule has 0 aliphatic carbocycles. The van der Waals surface area contributed by atoms with E-state index in [0.717, 1.165) is 17.5 Å². The lowest BCUT2D eigenvalue weighted by atomic mass is 9.98. The number of benzene rings is 1. The number of ether oxygens (including phenoxy) is 2. The number of Topliss-reactive ketones (excluding diaryl/α,β-unsaturated/α-hetero) is 1. The number of carbonyl (C=O) groups excluding carboxylic acids is 4. The highest BCUT2D eigenvalue weighted by Crippen LogP contribution is 2.14. The number of aromatic nitrogens is 1. The van der Waals surface area contributed by atoms with E-state index in [-0.39, 0.29) is 37.5 Å². The van der Waals surface area contributed by atoms with E-state index in [1.165, 1.54) is 0 Å². The van der Waals surface area contributed by atoms with E-state index in [1.807, 2.05) is 49.1 Å². The fraction of sp³-hybridized carbons (Fsp3) is 0.531. The van der Waals surface area contributed by atoms with E-state index in [1.54, 1.807) is 24.5 Å². The lowest BCUT2D eigenvalue weighted by Crippen LogP contribution is -2.57. The normalized spacial score (nSPS) is 16.8.